The van der Waals surface area contributed by atoms with Crippen LogP contribution in [0.25, 0.3) is 44.8 Å². The first-order valence-electron chi connectivity index (χ1n) is 15.2. The Morgan fingerprint density at radius 1 is 0.439 bits per heavy atom. The summed E-state index contributed by atoms with van der Waals surface area (Å²) in [5.41, 5.74) is 13.5. The van der Waals surface area contributed by atoms with Crippen molar-refractivity contribution in [3.8, 4) is 0 Å². The van der Waals surface area contributed by atoms with E-state index in [9.17, 15) is 0 Å². The normalized spacial score (nSPS) is 13.3. The Morgan fingerprint density at radius 2 is 0.829 bits per heavy atom. The van der Waals surface area contributed by atoms with Crippen molar-refractivity contribution in [1.82, 2.24) is 34.9 Å². The Hall–Kier alpha value is -2.92. The Labute approximate surface area is 258 Å². The molecule has 0 spiro atoms. The number of fused-ring (bicyclic) bond motifs is 8. The van der Waals surface area contributed by atoms with Gasteiger partial charge in [-0.1, -0.05) is 61.0 Å². The first-order chi connectivity index (χ1) is 19.5. The van der Waals surface area contributed by atoms with Crippen LogP contribution in [0.5, 0.6) is 0 Å². The van der Waals surface area contributed by atoms with Crippen molar-refractivity contribution in [3.05, 3.63) is 51.5 Å². The number of nitrogens with zero attached hydrogens (tertiary/aromatic N) is 7. The van der Waals surface area contributed by atoms with Crippen molar-refractivity contribution in [1.29, 1.82) is 0 Å². The summed E-state index contributed by atoms with van der Waals surface area (Å²) in [4.78, 5) is 35.6. The number of rotatable bonds is 8. The van der Waals surface area contributed by atoms with E-state index in [2.05, 4.69) is 61.5 Å². The second-order valence-electron chi connectivity index (χ2n) is 10.3. The second kappa shape index (κ2) is 12.9. The standard InChI is InChI=1S/C33H41N7.Pt/c1-9-18-20(11-3)28-34-26(18)17-27-19(10-2)21(12-4)29(35-27)37-31-23(14-6)25(16-8)33(39-31)40-32-24(15-7)22(13-5)30(36-28)38-32;/h17H,9-16H2,1-8H3;/q-2;+2. The summed E-state index contributed by atoms with van der Waals surface area (Å²) in [5.74, 6) is 2.21. The SMILES string of the molecule is CCC1=C(CC)c2nc1cc1[n-]c(nc3nc(nc4[n-]c(n2)c(CC)c4CC)C(CC)=C3CC)c(CC)c1CC.[Pt+2]. The molecule has 0 unspecified atom stereocenters. The maximum Gasteiger partial charge on any atom is 2.00 e. The molecular weight excluding hydrogens is 689 g/mol. The van der Waals surface area contributed by atoms with E-state index < -0.39 is 0 Å². The van der Waals surface area contributed by atoms with Crippen molar-refractivity contribution >= 4 is 44.8 Å². The van der Waals surface area contributed by atoms with E-state index in [-0.39, 0.29) is 21.1 Å². The van der Waals surface area contributed by atoms with Gasteiger partial charge >= 0.3 is 21.1 Å². The largest absolute Gasteiger partial charge is 2.00 e. The van der Waals surface area contributed by atoms with Gasteiger partial charge < -0.3 is 24.9 Å². The fourth-order valence-electron chi connectivity index (χ4n) is 6.33. The van der Waals surface area contributed by atoms with Gasteiger partial charge in [0.1, 0.15) is 0 Å². The van der Waals surface area contributed by atoms with Gasteiger partial charge in [0.2, 0.25) is 0 Å². The van der Waals surface area contributed by atoms with Gasteiger partial charge in [0.25, 0.3) is 0 Å². The van der Waals surface area contributed by atoms with Crippen LogP contribution in [0.1, 0.15) is 126 Å². The maximum absolute atomic E-state index is 5.12. The molecule has 2 aliphatic rings. The minimum Gasteiger partial charge on any atom is -0.436 e. The zero-order valence-corrected chi connectivity index (χ0v) is 28.0. The monoisotopic (exact) mass is 730 g/mol. The zero-order valence-electron chi connectivity index (χ0n) is 25.7. The third-order valence-corrected chi connectivity index (χ3v) is 8.31. The molecule has 0 N–H and O–H groups in total. The Kier molecular flexibility index (Phi) is 9.79. The quantitative estimate of drug-likeness (QED) is 0.238. The Balaban J connectivity index is 0.00000387. The van der Waals surface area contributed by atoms with Crippen molar-refractivity contribution in [2.24, 2.45) is 0 Å². The number of hydrogen-bond donors (Lipinski definition) is 0. The summed E-state index contributed by atoms with van der Waals surface area (Å²) in [5, 5.41) is 0. The van der Waals surface area contributed by atoms with Gasteiger partial charge in [0, 0.05) is 11.3 Å². The molecule has 218 valence electrons. The van der Waals surface area contributed by atoms with Crippen LogP contribution in [-0.4, -0.2) is 24.9 Å². The molecule has 0 radical (unpaired) electrons. The minimum atomic E-state index is 0. The molecule has 5 heterocycles. The molecular formula is C33H41N7Pt. The first-order valence-corrected chi connectivity index (χ1v) is 15.2. The molecule has 0 atom stereocenters. The van der Waals surface area contributed by atoms with Crippen molar-refractivity contribution in [2.75, 3.05) is 0 Å². The molecule has 3 aromatic heterocycles. The number of aryl methyl sites for hydroxylation is 4. The van der Waals surface area contributed by atoms with Crippen LogP contribution in [-0.2, 0) is 46.7 Å². The maximum atomic E-state index is 5.12. The number of allylic oxidation sites excluding steroid dienone is 4. The third-order valence-electron chi connectivity index (χ3n) is 8.31. The average Bonchev–Trinajstić information content (AvgIpc) is 3.67. The fraction of sp³-hybridized carbons (Fsp3) is 0.485. The molecule has 41 heavy (non-hydrogen) atoms. The van der Waals surface area contributed by atoms with Gasteiger partial charge in [0.15, 0.2) is 0 Å². The minimum absolute atomic E-state index is 0. The van der Waals surface area contributed by atoms with Crippen LogP contribution >= 0.6 is 0 Å². The molecule has 0 saturated heterocycles. The van der Waals surface area contributed by atoms with Crippen molar-refractivity contribution in [3.63, 3.8) is 0 Å². The van der Waals surface area contributed by atoms with Crippen LogP contribution < -0.4 is 9.97 Å². The van der Waals surface area contributed by atoms with Crippen LogP contribution in [0, 0.1) is 0 Å². The van der Waals surface area contributed by atoms with Crippen molar-refractivity contribution < 1.29 is 21.1 Å². The molecule has 0 saturated carbocycles. The number of aromatic nitrogens is 7. The zero-order chi connectivity index (χ0) is 28.6. The molecule has 5 rings (SSSR count). The van der Waals surface area contributed by atoms with E-state index in [0.29, 0.717) is 0 Å². The summed E-state index contributed by atoms with van der Waals surface area (Å²) in [6.45, 7) is 17.4. The molecule has 0 aliphatic carbocycles. The van der Waals surface area contributed by atoms with Crippen LogP contribution in [0.3, 0.4) is 0 Å². The molecule has 7 nitrogen and oxygen atoms in total. The third kappa shape index (κ3) is 5.27. The van der Waals surface area contributed by atoms with E-state index in [1.165, 1.54) is 22.3 Å². The predicted molar refractivity (Wildman–Crippen MR) is 165 cm³/mol. The molecule has 8 heteroatoms. The fourth-order valence-corrected chi connectivity index (χ4v) is 6.33. The molecule has 0 amide bonds. The summed E-state index contributed by atoms with van der Waals surface area (Å²) in [7, 11) is 0. The Morgan fingerprint density at radius 3 is 1.27 bits per heavy atom. The Bertz CT molecular complexity index is 1450. The van der Waals surface area contributed by atoms with E-state index in [4.69, 9.17) is 34.9 Å². The first kappa shape index (κ1) is 31.0. The average molecular weight is 731 g/mol. The van der Waals surface area contributed by atoms with Gasteiger partial charge in [0.05, 0.1) is 23.2 Å². The summed E-state index contributed by atoms with van der Waals surface area (Å²) in [6, 6.07) is 2.15. The van der Waals surface area contributed by atoms with E-state index in [1.54, 1.807) is 0 Å². The summed E-state index contributed by atoms with van der Waals surface area (Å²) >= 11 is 0. The number of hydrogen-bond acceptors (Lipinski definition) is 5. The van der Waals surface area contributed by atoms with Gasteiger partial charge in [-0.25, -0.2) is 9.97 Å². The molecule has 0 fully saturated rings. The topological polar surface area (TPSA) is 92.6 Å². The van der Waals surface area contributed by atoms with Crippen molar-refractivity contribution in [2.45, 2.75) is 107 Å². The van der Waals surface area contributed by atoms with E-state index in [0.717, 1.165) is 119 Å². The molecule has 0 aromatic carbocycles. The predicted octanol–water partition coefficient (Wildman–Crippen LogP) is 7.47. The van der Waals surface area contributed by atoms with E-state index >= 15 is 0 Å². The van der Waals surface area contributed by atoms with Gasteiger partial charge in [-0.05, 0) is 107 Å². The van der Waals surface area contributed by atoms with Gasteiger partial charge in [-0.15, -0.1) is 0 Å². The van der Waals surface area contributed by atoms with Gasteiger partial charge in [-0.3, -0.25) is 0 Å². The molecule has 3 aromatic rings. The second-order valence-corrected chi connectivity index (χ2v) is 10.3. The van der Waals surface area contributed by atoms with Crippen LogP contribution in [0.4, 0.5) is 0 Å². The summed E-state index contributed by atoms with van der Waals surface area (Å²) in [6.07, 6.45) is 6.82. The molecule has 8 bridgehead atoms. The van der Waals surface area contributed by atoms with Crippen LogP contribution in [0.15, 0.2) is 6.07 Å². The summed E-state index contributed by atoms with van der Waals surface area (Å²) < 4.78 is 0. The van der Waals surface area contributed by atoms with Gasteiger partial charge in [-0.2, -0.15) is 0 Å². The van der Waals surface area contributed by atoms with Crippen LogP contribution in [0.2, 0.25) is 0 Å². The smallest absolute Gasteiger partial charge is 0.436 e. The van der Waals surface area contributed by atoms with E-state index in [1.807, 2.05) is 0 Å². The molecule has 2 aliphatic heterocycles.